The van der Waals surface area contributed by atoms with E-state index < -0.39 is 0 Å². The minimum Gasteiger partial charge on any atom is -0.197 e. The molecule has 0 aromatic rings. The highest BCUT2D eigenvalue weighted by Gasteiger charge is 2.38. The minimum atomic E-state index is -0.215. The lowest BCUT2D eigenvalue weighted by Gasteiger charge is -2.39. The molecular formula is C12H20BrN. The molecule has 1 aliphatic carbocycles. The van der Waals surface area contributed by atoms with Crippen LogP contribution in [0.1, 0.15) is 52.9 Å². The van der Waals surface area contributed by atoms with Crippen LogP contribution >= 0.6 is 15.9 Å². The summed E-state index contributed by atoms with van der Waals surface area (Å²) in [5, 5.41) is 9.00. The molecule has 0 unspecified atom stereocenters. The van der Waals surface area contributed by atoms with E-state index in [1.807, 2.05) is 0 Å². The van der Waals surface area contributed by atoms with E-state index in [2.05, 4.69) is 42.8 Å². The molecule has 0 atom stereocenters. The molecule has 14 heavy (non-hydrogen) atoms. The summed E-state index contributed by atoms with van der Waals surface area (Å²) >= 11 is 3.55. The van der Waals surface area contributed by atoms with Crippen LogP contribution in [0, 0.1) is 22.7 Å². The van der Waals surface area contributed by atoms with E-state index in [1.165, 1.54) is 19.3 Å². The Bertz CT molecular complexity index is 231. The van der Waals surface area contributed by atoms with Gasteiger partial charge in [0, 0.05) is 0 Å². The van der Waals surface area contributed by atoms with Crippen molar-refractivity contribution in [1.29, 1.82) is 5.26 Å². The average molecular weight is 258 g/mol. The molecule has 0 bridgehead atoms. The fourth-order valence-corrected chi connectivity index (χ4v) is 2.72. The fraction of sp³-hybridized carbons (Fsp3) is 0.917. The third-order valence-electron chi connectivity index (χ3n) is 3.99. The third-order valence-corrected chi connectivity index (χ3v) is 4.97. The Morgan fingerprint density at radius 3 is 2.29 bits per heavy atom. The molecule has 0 radical (unpaired) electrons. The van der Waals surface area contributed by atoms with E-state index in [1.54, 1.807) is 0 Å². The van der Waals surface area contributed by atoms with Gasteiger partial charge in [-0.2, -0.15) is 5.26 Å². The van der Waals surface area contributed by atoms with E-state index in [0.717, 1.165) is 18.8 Å². The Balaban J connectivity index is 2.56. The van der Waals surface area contributed by atoms with Crippen LogP contribution in [0.25, 0.3) is 0 Å². The van der Waals surface area contributed by atoms with Gasteiger partial charge in [-0.05, 0) is 37.0 Å². The number of nitrogens with zero attached hydrogens (tertiary/aromatic N) is 1. The third kappa shape index (κ3) is 2.51. The molecule has 1 rings (SSSR count). The maximum absolute atomic E-state index is 9.00. The molecule has 0 amide bonds. The Kier molecular flexibility index (Phi) is 3.63. The number of alkyl halides is 1. The molecule has 0 heterocycles. The van der Waals surface area contributed by atoms with Crippen molar-refractivity contribution < 1.29 is 0 Å². The van der Waals surface area contributed by atoms with Crippen LogP contribution in [-0.4, -0.2) is 4.32 Å². The molecule has 0 N–H and O–H groups in total. The van der Waals surface area contributed by atoms with Crippen LogP contribution in [0.3, 0.4) is 0 Å². The second kappa shape index (κ2) is 4.23. The number of rotatable bonds is 2. The molecule has 80 valence electrons. The zero-order valence-corrected chi connectivity index (χ0v) is 11.0. The highest BCUT2D eigenvalue weighted by molar-refractivity contribution is 9.10. The molecule has 2 heteroatoms. The van der Waals surface area contributed by atoms with E-state index in [-0.39, 0.29) is 4.32 Å². The van der Waals surface area contributed by atoms with Crippen molar-refractivity contribution in [3.8, 4) is 6.07 Å². The summed E-state index contributed by atoms with van der Waals surface area (Å²) in [5.74, 6) is 0.798. The fourth-order valence-electron chi connectivity index (χ4n) is 2.26. The van der Waals surface area contributed by atoms with Crippen molar-refractivity contribution in [3.05, 3.63) is 0 Å². The maximum Gasteiger partial charge on any atom is 0.112 e. The van der Waals surface area contributed by atoms with Crippen LogP contribution < -0.4 is 0 Å². The van der Waals surface area contributed by atoms with Gasteiger partial charge in [-0.3, -0.25) is 0 Å². The second-order valence-corrected chi connectivity index (χ2v) is 6.71. The highest BCUT2D eigenvalue weighted by atomic mass is 79.9. The van der Waals surface area contributed by atoms with Gasteiger partial charge in [-0.15, -0.1) is 0 Å². The van der Waals surface area contributed by atoms with E-state index >= 15 is 0 Å². The first kappa shape index (κ1) is 12.0. The van der Waals surface area contributed by atoms with E-state index in [4.69, 9.17) is 5.26 Å². The number of nitriles is 1. The molecule has 0 aliphatic heterocycles. The van der Waals surface area contributed by atoms with Gasteiger partial charge < -0.3 is 0 Å². The molecule has 1 nitrogen and oxygen atoms in total. The first-order valence-corrected chi connectivity index (χ1v) is 6.33. The summed E-state index contributed by atoms with van der Waals surface area (Å²) in [7, 11) is 0. The molecule has 0 saturated heterocycles. The first-order valence-electron chi connectivity index (χ1n) is 5.54. The zero-order chi connectivity index (χ0) is 10.8. The second-order valence-electron chi connectivity index (χ2n) is 5.19. The summed E-state index contributed by atoms with van der Waals surface area (Å²) in [6, 6.07) is 2.39. The van der Waals surface area contributed by atoms with Crippen LogP contribution in [0.5, 0.6) is 0 Å². The van der Waals surface area contributed by atoms with Crippen LogP contribution in [-0.2, 0) is 0 Å². The number of halogens is 1. The summed E-state index contributed by atoms with van der Waals surface area (Å²) < 4.78 is -0.215. The predicted molar refractivity (Wildman–Crippen MR) is 63.3 cm³/mol. The normalized spacial score (nSPS) is 33.8. The quantitative estimate of drug-likeness (QED) is 0.678. The minimum absolute atomic E-state index is 0.215. The number of hydrogen-bond donors (Lipinski definition) is 0. The zero-order valence-electron chi connectivity index (χ0n) is 9.44. The molecule has 1 saturated carbocycles. The van der Waals surface area contributed by atoms with Crippen molar-refractivity contribution in [3.63, 3.8) is 0 Å². The molecule has 1 aliphatic rings. The lowest BCUT2D eigenvalue weighted by molar-refractivity contribution is 0.147. The van der Waals surface area contributed by atoms with Crippen molar-refractivity contribution in [2.75, 3.05) is 0 Å². The van der Waals surface area contributed by atoms with Crippen LogP contribution in [0.2, 0.25) is 0 Å². The van der Waals surface area contributed by atoms with Crippen LogP contribution in [0.15, 0.2) is 0 Å². The Hall–Kier alpha value is -0.0300. The average Bonchev–Trinajstić information content (AvgIpc) is 2.19. The highest BCUT2D eigenvalue weighted by Crippen LogP contribution is 2.45. The van der Waals surface area contributed by atoms with Gasteiger partial charge in [0.2, 0.25) is 0 Å². The summed E-state index contributed by atoms with van der Waals surface area (Å²) in [6.07, 6.45) is 5.65. The molecular weight excluding hydrogens is 238 g/mol. The topological polar surface area (TPSA) is 23.8 Å². The standard InChI is InChI=1S/C12H20BrN/c1-4-11(2,3)10-5-7-12(13,9-14)8-6-10/h10H,4-8H2,1-3H3. The van der Waals surface area contributed by atoms with Crippen molar-refractivity contribution in [2.24, 2.45) is 11.3 Å². The predicted octanol–water partition coefficient (Wildman–Crippen LogP) is 4.27. The Morgan fingerprint density at radius 1 is 1.43 bits per heavy atom. The molecule has 0 aromatic carbocycles. The molecule has 0 spiro atoms. The van der Waals surface area contributed by atoms with Gasteiger partial charge in [-0.1, -0.05) is 43.1 Å². The summed E-state index contributed by atoms with van der Waals surface area (Å²) in [6.45, 7) is 6.97. The first-order chi connectivity index (χ1) is 6.43. The van der Waals surface area contributed by atoms with Crippen LogP contribution in [0.4, 0.5) is 0 Å². The molecule has 0 aromatic heterocycles. The van der Waals surface area contributed by atoms with Gasteiger partial charge >= 0.3 is 0 Å². The largest absolute Gasteiger partial charge is 0.197 e. The smallest absolute Gasteiger partial charge is 0.112 e. The Labute approximate surface area is 96.0 Å². The van der Waals surface area contributed by atoms with Gasteiger partial charge in [0.15, 0.2) is 0 Å². The van der Waals surface area contributed by atoms with E-state index in [0.29, 0.717) is 5.41 Å². The summed E-state index contributed by atoms with van der Waals surface area (Å²) in [5.41, 5.74) is 0.448. The SMILES string of the molecule is CCC(C)(C)C1CCC(Br)(C#N)CC1. The molecule has 1 fully saturated rings. The van der Waals surface area contributed by atoms with Crippen molar-refractivity contribution >= 4 is 15.9 Å². The lowest BCUT2D eigenvalue weighted by atomic mass is 9.68. The van der Waals surface area contributed by atoms with Gasteiger partial charge in [-0.25, -0.2) is 0 Å². The van der Waals surface area contributed by atoms with Gasteiger partial charge in [0.05, 0.1) is 6.07 Å². The summed E-state index contributed by atoms with van der Waals surface area (Å²) in [4.78, 5) is 0. The van der Waals surface area contributed by atoms with Gasteiger partial charge in [0.25, 0.3) is 0 Å². The maximum atomic E-state index is 9.00. The van der Waals surface area contributed by atoms with Gasteiger partial charge in [0.1, 0.15) is 4.32 Å². The van der Waals surface area contributed by atoms with Crippen molar-refractivity contribution in [1.82, 2.24) is 0 Å². The Morgan fingerprint density at radius 2 is 1.93 bits per heavy atom. The number of hydrogen-bond acceptors (Lipinski definition) is 1. The van der Waals surface area contributed by atoms with Crippen molar-refractivity contribution in [2.45, 2.75) is 57.2 Å². The monoisotopic (exact) mass is 257 g/mol. The van der Waals surface area contributed by atoms with E-state index in [9.17, 15) is 0 Å². The lowest BCUT2D eigenvalue weighted by Crippen LogP contribution is -2.33.